The lowest BCUT2D eigenvalue weighted by molar-refractivity contribution is 0.669. The van der Waals surface area contributed by atoms with Crippen molar-refractivity contribution in [3.63, 3.8) is 0 Å². The van der Waals surface area contributed by atoms with E-state index < -0.39 is 0 Å². The predicted molar refractivity (Wildman–Crippen MR) is 222 cm³/mol. The number of hydrogen-bond donors (Lipinski definition) is 0. The van der Waals surface area contributed by atoms with E-state index in [1.165, 1.54) is 10.8 Å². The lowest BCUT2D eigenvalue weighted by Crippen LogP contribution is -2.55. The van der Waals surface area contributed by atoms with Gasteiger partial charge in [-0.3, -0.25) is 4.57 Å². The summed E-state index contributed by atoms with van der Waals surface area (Å²) in [6.45, 7) is 0. The highest BCUT2D eigenvalue weighted by Gasteiger charge is 2.22. The molecule has 10 rings (SSSR count). The van der Waals surface area contributed by atoms with Crippen molar-refractivity contribution in [2.24, 2.45) is 0 Å². The molecule has 3 heterocycles. The first kappa shape index (κ1) is 31.5. The monoisotopic (exact) mass is 664 g/mol. The molecule has 0 saturated carbocycles. The van der Waals surface area contributed by atoms with Crippen LogP contribution in [-0.2, 0) is 0 Å². The second-order valence-electron chi connectivity index (χ2n) is 13.1. The van der Waals surface area contributed by atoms with Crippen LogP contribution < -0.4 is 27.3 Å². The van der Waals surface area contributed by atoms with Crippen LogP contribution in [0.1, 0.15) is 0 Å². The molecule has 0 spiro atoms. The first-order valence-electron chi connectivity index (χ1n) is 17.1. The number of nitrogens with zero attached hydrogens (tertiary/aromatic N) is 4. The molecule has 0 fully saturated rings. The Morgan fingerprint density at radius 3 is 1.79 bits per heavy atom. The summed E-state index contributed by atoms with van der Waals surface area (Å²) in [5, 5.41) is 6.24. The maximum Gasteiger partial charge on any atom is 0.238 e. The first-order chi connectivity index (χ1) is 25.9. The number of benzene rings is 7. The summed E-state index contributed by atoms with van der Waals surface area (Å²) >= 11 is 0. The van der Waals surface area contributed by atoms with Gasteiger partial charge in [0, 0.05) is 32.7 Å². The van der Waals surface area contributed by atoms with Gasteiger partial charge in [0.05, 0.1) is 11.0 Å². The summed E-state index contributed by atoms with van der Waals surface area (Å²) in [4.78, 5) is 15.2. The SMILES string of the molecule is [B]c1c([B])c([B])c(-c2nc(-c3cccc4oc5cc(-c6ccc7ccccc7c6)ccc5c34)nc(-n3c4ccccc4c4ccccc43)n2)c([B])c1[B]. The fraction of sp³-hybridized carbons (Fsp3) is 0. The molecule has 10 aromatic rings. The number of para-hydroxylation sites is 2. The van der Waals surface area contributed by atoms with Gasteiger partial charge in [-0.2, -0.15) is 9.97 Å². The highest BCUT2D eigenvalue weighted by Crippen LogP contribution is 2.39. The molecule has 234 valence electrons. The van der Waals surface area contributed by atoms with Gasteiger partial charge in [-0.25, -0.2) is 4.98 Å². The van der Waals surface area contributed by atoms with Gasteiger partial charge in [0.25, 0.3) is 0 Å². The minimum atomic E-state index is 0.109. The van der Waals surface area contributed by atoms with E-state index >= 15 is 0 Å². The Hall–Kier alpha value is -6.27. The molecular formula is C43H21B5N4O. The second-order valence-corrected chi connectivity index (χ2v) is 13.1. The molecule has 5 nitrogen and oxygen atoms in total. The van der Waals surface area contributed by atoms with Gasteiger partial charge in [0.1, 0.15) is 50.4 Å². The van der Waals surface area contributed by atoms with Gasteiger partial charge < -0.3 is 4.42 Å². The Bertz CT molecular complexity index is 3070. The largest absolute Gasteiger partial charge is 0.456 e. The molecule has 7 aromatic carbocycles. The quantitative estimate of drug-likeness (QED) is 0.249. The number of fused-ring (bicyclic) bond motifs is 7. The van der Waals surface area contributed by atoms with Crippen LogP contribution in [0.15, 0.2) is 132 Å². The highest BCUT2D eigenvalue weighted by atomic mass is 16.3. The highest BCUT2D eigenvalue weighted by molar-refractivity contribution is 6.68. The third kappa shape index (κ3) is 4.82. The molecular weight excluding hydrogens is 643 g/mol. The summed E-state index contributed by atoms with van der Waals surface area (Å²) in [7, 11) is 32.1. The molecule has 0 atom stereocenters. The van der Waals surface area contributed by atoms with Crippen LogP contribution in [0.2, 0.25) is 0 Å². The van der Waals surface area contributed by atoms with E-state index in [1.54, 1.807) is 0 Å². The number of furan rings is 1. The van der Waals surface area contributed by atoms with E-state index in [4.69, 9.17) is 58.6 Å². The van der Waals surface area contributed by atoms with E-state index in [-0.39, 0.29) is 38.7 Å². The standard InChI is InChI=1S/C43H21B5N4O/c44-36-35(37(45)39(47)40(48)38(36)46)42-49-41(50-43(51-42)52-30-13-5-3-10-26(30)27-11-4-6-14-31(27)52)29-12-7-15-32-34(29)28-19-18-25(21-33(28)53-32)24-17-16-22-8-1-2-9-23(22)20-24/h1-21H. The molecule has 0 N–H and O–H groups in total. The summed E-state index contributed by atoms with van der Waals surface area (Å²) in [5.74, 6) is 0.939. The van der Waals surface area contributed by atoms with E-state index in [0.29, 0.717) is 17.4 Å². The molecule has 53 heavy (non-hydrogen) atoms. The van der Waals surface area contributed by atoms with Crippen LogP contribution in [0.4, 0.5) is 0 Å². The Balaban J connectivity index is 1.24. The maximum atomic E-state index is 6.60. The van der Waals surface area contributed by atoms with Crippen LogP contribution >= 0.6 is 0 Å². The minimum absolute atomic E-state index is 0.109. The van der Waals surface area contributed by atoms with Gasteiger partial charge >= 0.3 is 0 Å². The first-order valence-corrected chi connectivity index (χ1v) is 17.1. The fourth-order valence-electron chi connectivity index (χ4n) is 7.49. The summed E-state index contributed by atoms with van der Waals surface area (Å²) in [6.07, 6.45) is 0. The minimum Gasteiger partial charge on any atom is -0.456 e. The van der Waals surface area contributed by atoms with E-state index in [1.807, 2.05) is 65.2 Å². The molecule has 0 bridgehead atoms. The topological polar surface area (TPSA) is 56.7 Å². The van der Waals surface area contributed by atoms with Crippen molar-refractivity contribution in [3.05, 3.63) is 127 Å². The zero-order chi connectivity index (χ0) is 36.0. The van der Waals surface area contributed by atoms with Crippen molar-refractivity contribution in [1.82, 2.24) is 19.5 Å². The van der Waals surface area contributed by atoms with Crippen molar-refractivity contribution in [2.45, 2.75) is 0 Å². The van der Waals surface area contributed by atoms with Gasteiger partial charge in [-0.1, -0.05) is 102 Å². The fourth-order valence-corrected chi connectivity index (χ4v) is 7.49. The average molecular weight is 664 g/mol. The predicted octanol–water partition coefficient (Wildman–Crippen LogP) is 4.99. The van der Waals surface area contributed by atoms with Crippen LogP contribution in [0, 0.1) is 0 Å². The van der Waals surface area contributed by atoms with Crippen molar-refractivity contribution < 1.29 is 4.42 Å². The molecule has 0 aliphatic carbocycles. The van der Waals surface area contributed by atoms with E-state index in [2.05, 4.69) is 66.7 Å². The molecule has 0 amide bonds. The van der Waals surface area contributed by atoms with Gasteiger partial charge in [-0.05, 0) is 58.3 Å². The van der Waals surface area contributed by atoms with E-state index in [0.717, 1.165) is 54.9 Å². The Labute approximate surface area is 311 Å². The smallest absolute Gasteiger partial charge is 0.238 e. The molecule has 0 unspecified atom stereocenters. The van der Waals surface area contributed by atoms with Crippen molar-refractivity contribution in [3.8, 4) is 39.9 Å². The summed E-state index contributed by atoms with van der Waals surface area (Å²) in [5.41, 5.74) is 7.02. The third-order valence-electron chi connectivity index (χ3n) is 10.1. The van der Waals surface area contributed by atoms with Crippen molar-refractivity contribution >= 4 is 121 Å². The second kappa shape index (κ2) is 11.9. The molecule has 3 aromatic heterocycles. The van der Waals surface area contributed by atoms with Crippen molar-refractivity contribution in [2.75, 3.05) is 0 Å². The number of hydrogen-bond acceptors (Lipinski definition) is 4. The van der Waals surface area contributed by atoms with Crippen LogP contribution in [0.25, 0.3) is 94.4 Å². The van der Waals surface area contributed by atoms with Gasteiger partial charge in [-0.15, -0.1) is 16.4 Å². The summed E-state index contributed by atoms with van der Waals surface area (Å²) in [6, 6.07) is 43.2. The Morgan fingerprint density at radius 2 is 1.06 bits per heavy atom. The number of aromatic nitrogens is 4. The zero-order valence-electron chi connectivity index (χ0n) is 28.2. The Morgan fingerprint density at radius 1 is 0.453 bits per heavy atom. The normalized spacial score (nSPS) is 11.8. The van der Waals surface area contributed by atoms with Crippen molar-refractivity contribution in [1.29, 1.82) is 0 Å². The third-order valence-corrected chi connectivity index (χ3v) is 10.1. The van der Waals surface area contributed by atoms with Crippen LogP contribution in [0.5, 0.6) is 0 Å². The lowest BCUT2D eigenvalue weighted by Gasteiger charge is -2.21. The van der Waals surface area contributed by atoms with Gasteiger partial charge in [0.2, 0.25) is 5.95 Å². The molecule has 10 radical (unpaired) electrons. The van der Waals surface area contributed by atoms with Crippen LogP contribution in [0.3, 0.4) is 0 Å². The zero-order valence-corrected chi connectivity index (χ0v) is 28.2. The number of rotatable bonds is 4. The van der Waals surface area contributed by atoms with E-state index in [9.17, 15) is 0 Å². The molecule has 0 aliphatic rings. The molecule has 0 saturated heterocycles. The maximum absolute atomic E-state index is 6.60. The lowest BCUT2D eigenvalue weighted by atomic mass is 9.60. The van der Waals surface area contributed by atoms with Gasteiger partial charge in [0.15, 0.2) is 11.6 Å². The Kier molecular flexibility index (Phi) is 7.06. The molecule has 10 heteroatoms. The van der Waals surface area contributed by atoms with Crippen LogP contribution in [-0.4, -0.2) is 58.8 Å². The average Bonchev–Trinajstić information content (AvgIpc) is 3.74. The summed E-state index contributed by atoms with van der Waals surface area (Å²) < 4.78 is 8.53. The molecule has 0 aliphatic heterocycles.